The molecule has 134 valence electrons. The first-order chi connectivity index (χ1) is 12.1. The minimum atomic E-state index is 0.162. The van der Waals surface area contributed by atoms with Crippen LogP contribution in [0.2, 0.25) is 0 Å². The summed E-state index contributed by atoms with van der Waals surface area (Å²) in [6, 6.07) is 7.80. The van der Waals surface area contributed by atoms with Gasteiger partial charge in [0.1, 0.15) is 11.6 Å². The lowest BCUT2D eigenvalue weighted by atomic mass is 10.0. The number of fused-ring (bicyclic) bond motifs is 1. The summed E-state index contributed by atoms with van der Waals surface area (Å²) >= 11 is 0. The maximum Gasteiger partial charge on any atom is 0.225 e. The van der Waals surface area contributed by atoms with Crippen molar-refractivity contribution in [3.05, 3.63) is 30.1 Å². The predicted octanol–water partition coefficient (Wildman–Crippen LogP) is 2.29. The number of nitrogens with two attached hydrogens (primary N) is 1. The molecular formula is C19H27N5O. The molecule has 1 aliphatic heterocycles. The maximum atomic E-state index is 12.5. The molecule has 0 aliphatic carbocycles. The van der Waals surface area contributed by atoms with Crippen molar-refractivity contribution in [2.75, 3.05) is 31.9 Å². The Bertz CT molecular complexity index is 736. The quantitative estimate of drug-likeness (QED) is 0.903. The van der Waals surface area contributed by atoms with E-state index < -0.39 is 0 Å². The Kier molecular flexibility index (Phi) is 5.48. The van der Waals surface area contributed by atoms with Crippen molar-refractivity contribution in [2.45, 2.75) is 33.2 Å². The molecule has 2 heterocycles. The molecule has 2 N–H and O–H groups in total. The van der Waals surface area contributed by atoms with Gasteiger partial charge in [0.15, 0.2) is 0 Å². The van der Waals surface area contributed by atoms with E-state index in [-0.39, 0.29) is 5.92 Å². The number of benzene rings is 1. The molecule has 1 aliphatic rings. The van der Waals surface area contributed by atoms with Crippen LogP contribution < -0.4 is 5.73 Å². The van der Waals surface area contributed by atoms with E-state index in [2.05, 4.69) is 28.7 Å². The lowest BCUT2D eigenvalue weighted by Gasteiger charge is -2.36. The third kappa shape index (κ3) is 3.90. The van der Waals surface area contributed by atoms with Gasteiger partial charge in [-0.2, -0.15) is 0 Å². The molecule has 6 heteroatoms. The number of nitrogens with zero attached hydrogens (tertiary/aromatic N) is 4. The Morgan fingerprint density at radius 3 is 2.48 bits per heavy atom. The number of nitrogen functional groups attached to an aromatic ring is 1. The van der Waals surface area contributed by atoms with Gasteiger partial charge < -0.3 is 10.6 Å². The van der Waals surface area contributed by atoms with Crippen molar-refractivity contribution in [3.63, 3.8) is 0 Å². The highest BCUT2D eigenvalue weighted by Gasteiger charge is 2.25. The highest BCUT2D eigenvalue weighted by molar-refractivity contribution is 5.87. The number of aromatic nitrogens is 2. The number of para-hydroxylation sites is 1. The van der Waals surface area contributed by atoms with Gasteiger partial charge >= 0.3 is 0 Å². The van der Waals surface area contributed by atoms with Gasteiger partial charge in [0.25, 0.3) is 0 Å². The molecule has 0 spiro atoms. The minimum absolute atomic E-state index is 0.162. The summed E-state index contributed by atoms with van der Waals surface area (Å²) in [5, 5.41) is 0.895. The second-order valence-corrected chi connectivity index (χ2v) is 6.66. The van der Waals surface area contributed by atoms with Crippen molar-refractivity contribution >= 4 is 22.6 Å². The zero-order valence-corrected chi connectivity index (χ0v) is 15.1. The van der Waals surface area contributed by atoms with Crippen LogP contribution in [0.4, 0.5) is 5.82 Å². The average molecular weight is 341 g/mol. The maximum absolute atomic E-state index is 12.5. The number of rotatable bonds is 5. The second kappa shape index (κ2) is 7.78. The van der Waals surface area contributed by atoms with Gasteiger partial charge in [-0.25, -0.2) is 9.97 Å². The molecule has 1 fully saturated rings. The molecule has 0 atom stereocenters. The lowest BCUT2D eigenvalue weighted by molar-refractivity contribution is -0.137. The molecule has 3 rings (SSSR count). The van der Waals surface area contributed by atoms with Gasteiger partial charge in [0.2, 0.25) is 5.91 Å². The molecule has 0 unspecified atom stereocenters. The van der Waals surface area contributed by atoms with Crippen molar-refractivity contribution in [1.82, 2.24) is 19.8 Å². The highest BCUT2D eigenvalue weighted by atomic mass is 16.2. The molecule has 0 saturated carbocycles. The summed E-state index contributed by atoms with van der Waals surface area (Å²) in [5.41, 5.74) is 6.95. The molecule has 0 radical (unpaired) electrons. The van der Waals surface area contributed by atoms with Crippen LogP contribution in [0, 0.1) is 5.92 Å². The monoisotopic (exact) mass is 341 g/mol. The number of carbonyl (C=O) groups is 1. The first kappa shape index (κ1) is 17.6. The summed E-state index contributed by atoms with van der Waals surface area (Å²) in [5.74, 6) is 1.74. The van der Waals surface area contributed by atoms with Crippen LogP contribution in [0.3, 0.4) is 0 Å². The zero-order valence-electron chi connectivity index (χ0n) is 15.1. The summed E-state index contributed by atoms with van der Waals surface area (Å²) in [6.07, 6.45) is 1.83. The van der Waals surface area contributed by atoms with Crippen molar-refractivity contribution in [1.29, 1.82) is 0 Å². The van der Waals surface area contributed by atoms with Crippen molar-refractivity contribution in [2.24, 2.45) is 5.92 Å². The summed E-state index contributed by atoms with van der Waals surface area (Å²) in [6.45, 7) is 8.09. The molecule has 1 saturated heterocycles. The summed E-state index contributed by atoms with van der Waals surface area (Å²) in [4.78, 5) is 25.9. The fourth-order valence-corrected chi connectivity index (χ4v) is 3.44. The van der Waals surface area contributed by atoms with E-state index in [0.29, 0.717) is 18.3 Å². The van der Waals surface area contributed by atoms with E-state index in [9.17, 15) is 4.79 Å². The van der Waals surface area contributed by atoms with Crippen LogP contribution in [0.1, 0.15) is 32.5 Å². The standard InChI is InChI=1S/C19H27N5O/c1-3-14(4-2)19(25)24-11-9-23(10-12-24)13-17-21-16-8-6-5-7-15(16)18(20)22-17/h5-8,14H,3-4,9-13H2,1-2H3,(H2,20,21,22). The number of carbonyl (C=O) groups excluding carboxylic acids is 1. The molecule has 1 aromatic carbocycles. The van der Waals surface area contributed by atoms with Crippen molar-refractivity contribution < 1.29 is 4.79 Å². The fourth-order valence-electron chi connectivity index (χ4n) is 3.44. The van der Waals surface area contributed by atoms with Crippen LogP contribution in [0.5, 0.6) is 0 Å². The molecule has 25 heavy (non-hydrogen) atoms. The van der Waals surface area contributed by atoms with E-state index in [1.165, 1.54) is 0 Å². The third-order valence-electron chi connectivity index (χ3n) is 5.06. The molecule has 1 aromatic heterocycles. The van der Waals surface area contributed by atoms with Crippen LogP contribution in [-0.4, -0.2) is 51.9 Å². The average Bonchev–Trinajstić information content (AvgIpc) is 2.63. The molecule has 6 nitrogen and oxygen atoms in total. The number of piperazine rings is 1. The Labute approximate surface area is 149 Å². The third-order valence-corrected chi connectivity index (χ3v) is 5.06. The first-order valence-electron chi connectivity index (χ1n) is 9.14. The summed E-state index contributed by atoms with van der Waals surface area (Å²) in [7, 11) is 0. The largest absolute Gasteiger partial charge is 0.383 e. The van der Waals surface area contributed by atoms with Crippen LogP contribution in [0.15, 0.2) is 24.3 Å². The zero-order chi connectivity index (χ0) is 17.8. The number of amides is 1. The number of hydrogen-bond donors (Lipinski definition) is 1. The SMILES string of the molecule is CCC(CC)C(=O)N1CCN(Cc2nc(N)c3ccccc3n2)CC1. The van der Waals surface area contributed by atoms with E-state index in [1.54, 1.807) is 0 Å². The van der Waals surface area contributed by atoms with Gasteiger partial charge in [-0.15, -0.1) is 0 Å². The van der Waals surface area contributed by atoms with Crippen molar-refractivity contribution in [3.8, 4) is 0 Å². The van der Waals surface area contributed by atoms with E-state index in [4.69, 9.17) is 5.73 Å². The molecular weight excluding hydrogens is 314 g/mol. The highest BCUT2D eigenvalue weighted by Crippen LogP contribution is 2.19. The van der Waals surface area contributed by atoms with Gasteiger partial charge in [-0.1, -0.05) is 26.0 Å². The Morgan fingerprint density at radius 2 is 1.80 bits per heavy atom. The Morgan fingerprint density at radius 1 is 1.12 bits per heavy atom. The Hall–Kier alpha value is -2.21. The predicted molar refractivity (Wildman–Crippen MR) is 99.9 cm³/mol. The Balaban J connectivity index is 1.62. The van der Waals surface area contributed by atoms with Gasteiger partial charge in [0.05, 0.1) is 12.1 Å². The van der Waals surface area contributed by atoms with Gasteiger partial charge in [0, 0.05) is 37.5 Å². The van der Waals surface area contributed by atoms with Crippen LogP contribution in [0.25, 0.3) is 10.9 Å². The fraction of sp³-hybridized carbons (Fsp3) is 0.526. The molecule has 0 bridgehead atoms. The van der Waals surface area contributed by atoms with Crippen LogP contribution >= 0.6 is 0 Å². The smallest absolute Gasteiger partial charge is 0.225 e. The number of anilines is 1. The molecule has 1 amide bonds. The first-order valence-corrected chi connectivity index (χ1v) is 9.14. The van der Waals surface area contributed by atoms with E-state index in [0.717, 1.165) is 55.7 Å². The summed E-state index contributed by atoms with van der Waals surface area (Å²) < 4.78 is 0. The second-order valence-electron chi connectivity index (χ2n) is 6.66. The lowest BCUT2D eigenvalue weighted by Crippen LogP contribution is -2.50. The molecule has 2 aromatic rings. The van der Waals surface area contributed by atoms with Gasteiger partial charge in [-0.05, 0) is 25.0 Å². The normalized spacial score (nSPS) is 15.9. The minimum Gasteiger partial charge on any atom is -0.383 e. The topological polar surface area (TPSA) is 75.4 Å². The number of hydrogen-bond acceptors (Lipinski definition) is 5. The van der Waals surface area contributed by atoms with Gasteiger partial charge in [-0.3, -0.25) is 9.69 Å². The van der Waals surface area contributed by atoms with Crippen LogP contribution in [-0.2, 0) is 11.3 Å². The van der Waals surface area contributed by atoms with E-state index >= 15 is 0 Å². The van der Waals surface area contributed by atoms with E-state index in [1.807, 2.05) is 29.2 Å².